The second-order valence-corrected chi connectivity index (χ2v) is 9.82. The lowest BCUT2D eigenvalue weighted by atomic mass is 9.91. The summed E-state index contributed by atoms with van der Waals surface area (Å²) in [5, 5.41) is 0.856. The maximum atomic E-state index is 13.8. The minimum absolute atomic E-state index is 0.00636. The zero-order valence-electron chi connectivity index (χ0n) is 21.7. The molecule has 1 aromatic heterocycles. The first-order valence-electron chi connectivity index (χ1n) is 11.2. The van der Waals surface area contributed by atoms with Crippen molar-refractivity contribution in [2.24, 2.45) is 0 Å². The number of hydroxylamine groups is 2. The molecule has 200 valence electrons. The molecule has 2 heterocycles. The van der Waals surface area contributed by atoms with Crippen molar-refractivity contribution in [2.75, 3.05) is 13.4 Å². The summed E-state index contributed by atoms with van der Waals surface area (Å²) in [6.07, 6.45) is -3.49. The van der Waals surface area contributed by atoms with Gasteiger partial charge in [-0.15, -0.1) is 0 Å². The molecule has 1 atom stereocenters. The van der Waals surface area contributed by atoms with Crippen LogP contribution in [-0.2, 0) is 25.3 Å². The van der Waals surface area contributed by atoms with Crippen LogP contribution in [0.4, 0.5) is 13.2 Å². The molecule has 1 aromatic carbocycles. The fourth-order valence-electron chi connectivity index (χ4n) is 4.17. The predicted octanol–water partition coefficient (Wildman–Crippen LogP) is 5.26. The number of amides is 1. The van der Waals surface area contributed by atoms with Gasteiger partial charge in [-0.25, -0.2) is 24.7 Å². The first kappa shape index (κ1) is 28.6. The number of carbonyl (C=O) groups is 2. The second kappa shape index (κ2) is 10.4. The van der Waals surface area contributed by atoms with Gasteiger partial charge in [0.2, 0.25) is 0 Å². The van der Waals surface area contributed by atoms with E-state index in [4.69, 9.17) is 14.3 Å². The maximum absolute atomic E-state index is 13.8. The molecule has 0 saturated carbocycles. The van der Waals surface area contributed by atoms with Crippen molar-refractivity contribution >= 4 is 29.2 Å². The van der Waals surface area contributed by atoms with E-state index >= 15 is 0 Å². The van der Waals surface area contributed by atoms with Crippen LogP contribution in [0.25, 0.3) is 5.57 Å². The lowest BCUT2D eigenvalue weighted by Crippen LogP contribution is -2.46. The van der Waals surface area contributed by atoms with E-state index in [2.05, 4.69) is 9.97 Å². The van der Waals surface area contributed by atoms with Gasteiger partial charge in [0.25, 0.3) is 5.91 Å². The number of ether oxygens (including phenoxy) is 2. The molecule has 1 aliphatic rings. The highest BCUT2D eigenvalue weighted by Crippen LogP contribution is 2.44. The Kier molecular flexibility index (Phi) is 8.06. The Balaban J connectivity index is 2.22. The van der Waals surface area contributed by atoms with Crippen molar-refractivity contribution in [2.45, 2.75) is 64.7 Å². The maximum Gasteiger partial charge on any atom is 0.434 e. The second-order valence-electron chi connectivity index (χ2n) is 9.05. The van der Waals surface area contributed by atoms with Crippen molar-refractivity contribution < 1.29 is 37.1 Å². The highest BCUT2D eigenvalue weighted by atomic mass is 32.2. The Hall–Kier alpha value is -2.96. The van der Waals surface area contributed by atoms with Gasteiger partial charge in [0.05, 0.1) is 5.57 Å². The van der Waals surface area contributed by atoms with Crippen LogP contribution in [0.2, 0.25) is 0 Å². The zero-order valence-corrected chi connectivity index (χ0v) is 22.6. The summed E-state index contributed by atoms with van der Waals surface area (Å²) in [6.45, 7) is 10.2. The van der Waals surface area contributed by atoms with Gasteiger partial charge >= 0.3 is 12.1 Å². The van der Waals surface area contributed by atoms with E-state index in [0.29, 0.717) is 5.56 Å². The number of aryl methyl sites for hydroxylation is 3. The molecule has 0 radical (unpaired) electrons. The van der Waals surface area contributed by atoms with Crippen molar-refractivity contribution in [3.05, 3.63) is 57.6 Å². The van der Waals surface area contributed by atoms with Gasteiger partial charge in [0.1, 0.15) is 16.9 Å². The van der Waals surface area contributed by atoms with E-state index < -0.39 is 41.1 Å². The quantitative estimate of drug-likeness (QED) is 0.204. The molecule has 8 nitrogen and oxygen atoms in total. The summed E-state index contributed by atoms with van der Waals surface area (Å²) >= 11 is 0.899. The molecule has 0 spiro atoms. The molecule has 0 saturated heterocycles. The van der Waals surface area contributed by atoms with E-state index in [1.54, 1.807) is 34.6 Å². The van der Waals surface area contributed by atoms with Crippen LogP contribution in [0.15, 0.2) is 29.2 Å². The van der Waals surface area contributed by atoms with E-state index in [-0.39, 0.29) is 16.5 Å². The first-order chi connectivity index (χ1) is 17.1. The molecule has 1 amide bonds. The van der Waals surface area contributed by atoms with Crippen LogP contribution >= 0.6 is 11.8 Å². The Labute approximate surface area is 217 Å². The summed E-state index contributed by atoms with van der Waals surface area (Å²) in [5.74, 6) is -2.14. The number of methoxy groups -OCH3 is 1. The van der Waals surface area contributed by atoms with Crippen LogP contribution in [-0.4, -0.2) is 52.1 Å². The van der Waals surface area contributed by atoms with Crippen LogP contribution in [0.5, 0.6) is 0 Å². The molecule has 0 N–H and O–H groups in total. The number of benzene rings is 1. The van der Waals surface area contributed by atoms with Crippen LogP contribution < -0.4 is 0 Å². The highest BCUT2D eigenvalue weighted by molar-refractivity contribution is 7.98. The third-order valence-electron chi connectivity index (χ3n) is 5.83. The van der Waals surface area contributed by atoms with Gasteiger partial charge in [-0.2, -0.15) is 13.2 Å². The molecular weight excluding hydrogens is 511 g/mol. The van der Waals surface area contributed by atoms with Crippen molar-refractivity contribution in [1.29, 1.82) is 0 Å². The number of hydrogen-bond donors (Lipinski definition) is 0. The average molecular weight is 540 g/mol. The lowest BCUT2D eigenvalue weighted by Gasteiger charge is -2.33. The third-order valence-corrected chi connectivity index (χ3v) is 6.40. The number of alkyl halides is 3. The third kappa shape index (κ3) is 5.51. The molecule has 0 aliphatic carbocycles. The van der Waals surface area contributed by atoms with E-state index in [1.165, 1.54) is 13.4 Å². The molecule has 2 aromatic rings. The lowest BCUT2D eigenvalue weighted by molar-refractivity contribution is -0.276. The van der Waals surface area contributed by atoms with Crippen molar-refractivity contribution in [3.8, 4) is 0 Å². The summed E-state index contributed by atoms with van der Waals surface area (Å²) < 4.78 is 52.0. The Morgan fingerprint density at radius 3 is 2.27 bits per heavy atom. The minimum Gasteiger partial charge on any atom is -0.424 e. The highest BCUT2D eigenvalue weighted by Gasteiger charge is 2.51. The Morgan fingerprint density at radius 2 is 1.76 bits per heavy atom. The molecule has 0 fully saturated rings. The number of esters is 1. The largest absolute Gasteiger partial charge is 0.434 e. The SMILES string of the molecule is COC(C)ON1C(=O)C(c2c(C)cc(C)cc2C)=C(OC(=O)c2cnc(SC)nc2C(F)(F)F)C1(C)C. The molecule has 37 heavy (non-hydrogen) atoms. The van der Waals surface area contributed by atoms with Gasteiger partial charge in [0.15, 0.2) is 17.1 Å². The Morgan fingerprint density at radius 1 is 1.16 bits per heavy atom. The van der Waals surface area contributed by atoms with Crippen LogP contribution in [0.1, 0.15) is 59.1 Å². The standard InChI is InChI=1S/C25H28F3N3O5S/c1-12-9-13(2)17(14(3)10-12)18-20(24(5,6)31(21(18)32)36-15(4)34-7)35-22(33)16-11-29-23(37-8)30-19(16)25(26,27)28/h9-11,15H,1-8H3. The fraction of sp³-hybridized carbons (Fsp3) is 0.440. The summed E-state index contributed by atoms with van der Waals surface area (Å²) in [6, 6.07) is 3.71. The Bertz CT molecular complexity index is 1250. The predicted molar refractivity (Wildman–Crippen MR) is 130 cm³/mol. The van der Waals surface area contributed by atoms with Gasteiger partial charge < -0.3 is 9.47 Å². The van der Waals surface area contributed by atoms with Crippen molar-refractivity contribution in [3.63, 3.8) is 0 Å². The smallest absolute Gasteiger partial charge is 0.424 e. The van der Waals surface area contributed by atoms with Gasteiger partial charge in [-0.1, -0.05) is 29.5 Å². The molecule has 0 bridgehead atoms. The van der Waals surface area contributed by atoms with Crippen LogP contribution in [0, 0.1) is 20.8 Å². The number of carbonyl (C=O) groups excluding carboxylic acids is 2. The number of aromatic nitrogens is 2. The molecule has 12 heteroatoms. The topological polar surface area (TPSA) is 90.8 Å². The van der Waals surface area contributed by atoms with E-state index in [9.17, 15) is 22.8 Å². The van der Waals surface area contributed by atoms with E-state index in [1.807, 2.05) is 19.1 Å². The number of thioether (sulfide) groups is 1. The summed E-state index contributed by atoms with van der Waals surface area (Å²) in [7, 11) is 1.39. The van der Waals surface area contributed by atoms with Gasteiger partial charge in [-0.05, 0) is 64.5 Å². The normalized spacial score (nSPS) is 16.4. The monoisotopic (exact) mass is 539 g/mol. The minimum atomic E-state index is -4.94. The summed E-state index contributed by atoms with van der Waals surface area (Å²) in [4.78, 5) is 39.9. The van der Waals surface area contributed by atoms with Crippen LogP contribution in [0.3, 0.4) is 0 Å². The molecule has 1 aliphatic heterocycles. The van der Waals surface area contributed by atoms with Crippen molar-refractivity contribution in [1.82, 2.24) is 15.0 Å². The van der Waals surface area contributed by atoms with E-state index in [0.717, 1.165) is 39.7 Å². The zero-order chi connectivity index (χ0) is 27.9. The molecule has 3 rings (SSSR count). The number of rotatable bonds is 7. The number of hydrogen-bond acceptors (Lipinski definition) is 8. The summed E-state index contributed by atoms with van der Waals surface area (Å²) in [5.41, 5.74) is -0.806. The number of halogens is 3. The van der Waals surface area contributed by atoms with Gasteiger partial charge in [-0.3, -0.25) is 4.79 Å². The first-order valence-corrected chi connectivity index (χ1v) is 12.4. The average Bonchev–Trinajstić information content (AvgIpc) is 2.97. The number of nitrogens with zero attached hydrogens (tertiary/aromatic N) is 3. The molecular formula is C25H28F3N3O5S. The molecule has 1 unspecified atom stereocenters. The van der Waals surface area contributed by atoms with Gasteiger partial charge in [0, 0.05) is 13.3 Å². The fourth-order valence-corrected chi connectivity index (χ4v) is 4.51.